The Bertz CT molecular complexity index is 336. The van der Waals surface area contributed by atoms with E-state index in [-0.39, 0.29) is 29.6 Å². The second kappa shape index (κ2) is 12.2. The molecule has 8 N–H and O–H groups in total. The first kappa shape index (κ1) is 25.6. The van der Waals surface area contributed by atoms with Crippen LogP contribution in [0.4, 0.5) is 0 Å². The van der Waals surface area contributed by atoms with Crippen LogP contribution in [0, 0.1) is 0 Å². The van der Waals surface area contributed by atoms with E-state index < -0.39 is 27.7 Å². The summed E-state index contributed by atoms with van der Waals surface area (Å²) in [5.41, 5.74) is 10.4. The van der Waals surface area contributed by atoms with Crippen LogP contribution in [0.1, 0.15) is 19.3 Å². The first-order valence-electron chi connectivity index (χ1n) is 4.88. The minimum Gasteiger partial charge on any atom is -0.756 e. The predicted molar refractivity (Wildman–Crippen MR) is 61.5 cm³/mol. The van der Waals surface area contributed by atoms with Crippen LogP contribution in [0.2, 0.25) is 0 Å². The van der Waals surface area contributed by atoms with Crippen molar-refractivity contribution >= 4 is 21.6 Å². The second-order valence-electron chi connectivity index (χ2n) is 3.27. The summed E-state index contributed by atoms with van der Waals surface area (Å²) in [6, 6.07) is -0.716. The molecule has 0 saturated heterocycles. The van der Waals surface area contributed by atoms with E-state index in [9.17, 15) is 18.8 Å². The molecule has 116 valence electrons. The van der Waals surface area contributed by atoms with Crippen LogP contribution in [-0.4, -0.2) is 38.3 Å². The number of aliphatic carboxylic acids is 1. The molecule has 0 radical (unpaired) electrons. The van der Waals surface area contributed by atoms with E-state index in [0.29, 0.717) is 13.0 Å². The van der Waals surface area contributed by atoms with E-state index in [4.69, 9.17) is 31.3 Å². The summed E-state index contributed by atoms with van der Waals surface area (Å²) < 4.78 is 21.9. The molecule has 0 bridgehead atoms. The summed E-state index contributed by atoms with van der Waals surface area (Å²) in [5.74, 6) is -0.933. The average Bonchev–Trinajstić information content (AvgIpc) is 2.12. The maximum absolute atomic E-state index is 10.1. The van der Waals surface area contributed by atoms with Gasteiger partial charge in [-0.1, -0.05) is 6.42 Å². The molecular weight excluding hydrogens is 329 g/mol. The van der Waals surface area contributed by atoms with Gasteiger partial charge in [0.2, 0.25) is 0 Å². The third-order valence-electron chi connectivity index (χ3n) is 1.50. The largest absolute Gasteiger partial charge is 1.00 e. The van der Waals surface area contributed by atoms with Crippen molar-refractivity contribution in [3.63, 3.8) is 0 Å². The molecule has 0 fully saturated rings. The normalized spacial score (nSPS) is 15.1. The van der Waals surface area contributed by atoms with Gasteiger partial charge in [-0.3, -0.25) is 9.36 Å². The van der Waals surface area contributed by atoms with E-state index in [2.05, 4.69) is 4.31 Å². The van der Waals surface area contributed by atoms with Gasteiger partial charge < -0.3 is 36.1 Å². The summed E-state index contributed by atoms with van der Waals surface area (Å²) in [7, 11) is -10.4. The Morgan fingerprint density at radius 3 is 1.90 bits per heavy atom. The zero-order valence-electron chi connectivity index (χ0n) is 10.8. The third kappa shape index (κ3) is 23.7. The molecule has 0 heterocycles. The van der Waals surface area contributed by atoms with Crippen molar-refractivity contribution in [3.05, 3.63) is 0 Å². The molecule has 20 heavy (non-hydrogen) atoms. The van der Waals surface area contributed by atoms with Gasteiger partial charge in [0.1, 0.15) is 6.04 Å². The maximum atomic E-state index is 10.1. The molecule has 0 saturated carbocycles. The van der Waals surface area contributed by atoms with Gasteiger partial charge in [-0.05, 0) is 19.4 Å². The van der Waals surface area contributed by atoms with E-state index in [1.165, 1.54) is 0 Å². The molecule has 0 aliphatic rings. The quantitative estimate of drug-likeness (QED) is 0.146. The minimum absolute atomic E-state index is 0. The number of rotatable bonds is 7. The van der Waals surface area contributed by atoms with Crippen molar-refractivity contribution in [2.45, 2.75) is 25.3 Å². The Balaban J connectivity index is -0.000000277. The summed E-state index contributed by atoms with van der Waals surface area (Å²) in [5, 5.41) is 8.33. The fourth-order valence-electron chi connectivity index (χ4n) is 0.766. The van der Waals surface area contributed by atoms with Crippen molar-refractivity contribution in [1.29, 1.82) is 0 Å². The van der Waals surface area contributed by atoms with E-state index in [1.54, 1.807) is 0 Å². The molecule has 0 aliphatic heterocycles. The molecule has 0 amide bonds. The SMILES string of the molecule is NCCCC[C@H](N)C(=O)O.O=P([O-])(O)OP(=O)(O)O.[Na+]. The van der Waals surface area contributed by atoms with Crippen molar-refractivity contribution < 1.29 is 72.5 Å². The summed E-state index contributed by atoms with van der Waals surface area (Å²) in [4.78, 5) is 42.7. The minimum atomic E-state index is -5.30. The Morgan fingerprint density at radius 2 is 1.70 bits per heavy atom. The molecule has 0 spiro atoms. The standard InChI is InChI=1S/C6H14N2O2.Na.H4O7P2/c7-4-2-1-3-5(8)6(9)10;;1-8(2,3)7-9(4,5)6/h5H,1-4,7-8H2,(H,9,10);;(H2,1,2,3)(H2,4,5,6)/q;+1;/p-1/t5-;;/m0../s1. The molecule has 0 aromatic carbocycles. The predicted octanol–water partition coefficient (Wildman–Crippen LogP) is -4.91. The second-order valence-corrected chi connectivity index (χ2v) is 5.84. The Kier molecular flexibility index (Phi) is 15.6. The first-order valence-corrected chi connectivity index (χ1v) is 7.90. The van der Waals surface area contributed by atoms with Crippen LogP contribution >= 0.6 is 15.6 Å². The number of unbranched alkanes of at least 4 members (excludes halogenated alkanes) is 1. The van der Waals surface area contributed by atoms with E-state index >= 15 is 0 Å². The van der Waals surface area contributed by atoms with Gasteiger partial charge in [-0.2, -0.15) is 0 Å². The van der Waals surface area contributed by atoms with Crippen LogP contribution in [0.5, 0.6) is 0 Å². The van der Waals surface area contributed by atoms with Crippen LogP contribution in [0.3, 0.4) is 0 Å². The third-order valence-corrected chi connectivity index (χ3v) is 3.17. The van der Waals surface area contributed by atoms with Gasteiger partial charge in [0, 0.05) is 0 Å². The molecule has 1 unspecified atom stereocenters. The van der Waals surface area contributed by atoms with Gasteiger partial charge in [0.15, 0.2) is 0 Å². The van der Waals surface area contributed by atoms with Crippen LogP contribution < -0.4 is 45.9 Å². The summed E-state index contributed by atoms with van der Waals surface area (Å²) in [6.07, 6.45) is 2.16. The van der Waals surface area contributed by atoms with E-state index in [0.717, 1.165) is 12.8 Å². The zero-order valence-corrected chi connectivity index (χ0v) is 14.6. The summed E-state index contributed by atoms with van der Waals surface area (Å²) >= 11 is 0. The number of carboxylic acid groups (broad SMARTS) is 1. The topological polar surface area (TPSA) is 216 Å². The number of hydrogen-bond donors (Lipinski definition) is 6. The monoisotopic (exact) mass is 346 g/mol. The van der Waals surface area contributed by atoms with Gasteiger partial charge in [-0.15, -0.1) is 0 Å². The number of carbonyl (C=O) groups is 1. The molecule has 11 nitrogen and oxygen atoms in total. The number of hydrogen-bond acceptors (Lipinski definition) is 7. The van der Waals surface area contributed by atoms with Gasteiger partial charge in [0.05, 0.1) is 0 Å². The Morgan fingerprint density at radius 1 is 1.25 bits per heavy atom. The van der Waals surface area contributed by atoms with E-state index in [1.807, 2.05) is 0 Å². The van der Waals surface area contributed by atoms with Crippen molar-refractivity contribution in [2.24, 2.45) is 11.5 Å². The summed E-state index contributed by atoms with van der Waals surface area (Å²) in [6.45, 7) is 0.604. The number of phosphoric acid groups is 2. The number of nitrogens with two attached hydrogens (primary N) is 2. The average molecular weight is 346 g/mol. The molecule has 14 heteroatoms. The van der Waals surface area contributed by atoms with Gasteiger partial charge >= 0.3 is 43.3 Å². The molecular formula is C6H17N2NaO9P2. The fraction of sp³-hybridized carbons (Fsp3) is 0.833. The zero-order chi connectivity index (χ0) is 15.7. The first-order chi connectivity index (χ1) is 8.39. The Labute approximate surface area is 137 Å². The molecule has 0 aromatic heterocycles. The smallest absolute Gasteiger partial charge is 0.756 e. The molecule has 2 atom stereocenters. The van der Waals surface area contributed by atoms with Crippen molar-refractivity contribution in [1.82, 2.24) is 0 Å². The van der Waals surface area contributed by atoms with Crippen molar-refractivity contribution in [3.8, 4) is 0 Å². The van der Waals surface area contributed by atoms with Gasteiger partial charge in [-0.25, -0.2) is 8.88 Å². The molecule has 0 aromatic rings. The Hall–Kier alpha value is 0.650. The molecule has 0 aliphatic carbocycles. The molecule has 0 rings (SSSR count). The number of carboxylic acids is 1. The van der Waals surface area contributed by atoms with Crippen LogP contribution in [0.25, 0.3) is 0 Å². The van der Waals surface area contributed by atoms with Crippen LogP contribution in [-0.2, 0) is 18.2 Å². The maximum Gasteiger partial charge on any atom is 1.00 e. The fourth-order valence-corrected chi connectivity index (χ4v) is 1.84. The van der Waals surface area contributed by atoms with Crippen LogP contribution in [0.15, 0.2) is 0 Å². The van der Waals surface area contributed by atoms with Crippen molar-refractivity contribution in [2.75, 3.05) is 6.54 Å². The van der Waals surface area contributed by atoms with Gasteiger partial charge in [0.25, 0.3) is 7.82 Å².